The molecule has 2 aromatic rings. The molecule has 2 N–H and O–H groups in total. The zero-order valence-electron chi connectivity index (χ0n) is 18.3. The van der Waals surface area contributed by atoms with Crippen LogP contribution in [0.3, 0.4) is 0 Å². The van der Waals surface area contributed by atoms with Crippen molar-refractivity contribution in [2.24, 2.45) is 17.8 Å². The van der Waals surface area contributed by atoms with Crippen molar-refractivity contribution in [1.29, 1.82) is 0 Å². The number of halogens is 2. The molecule has 3 fully saturated rings. The molecule has 2 amide bonds. The van der Waals surface area contributed by atoms with E-state index < -0.39 is 41.0 Å². The summed E-state index contributed by atoms with van der Waals surface area (Å²) < 4.78 is 29.3. The van der Waals surface area contributed by atoms with E-state index in [1.807, 2.05) is 13.8 Å². The molecule has 0 aromatic carbocycles. The highest BCUT2D eigenvalue weighted by atomic mass is 19.3. The molecule has 9 nitrogen and oxygen atoms in total. The maximum absolute atomic E-state index is 13.4. The largest absolute Gasteiger partial charge is 0.494 e. The first-order valence-corrected chi connectivity index (χ1v) is 11.1. The lowest BCUT2D eigenvalue weighted by Crippen LogP contribution is -2.34. The molecule has 176 valence electrons. The number of carbonyl (C=O) groups excluding carboxylic acids is 2. The van der Waals surface area contributed by atoms with Gasteiger partial charge in [0.05, 0.1) is 18.0 Å². The molecule has 2 unspecified atom stereocenters. The zero-order chi connectivity index (χ0) is 23.7. The van der Waals surface area contributed by atoms with Gasteiger partial charge in [-0.15, -0.1) is 0 Å². The molecule has 0 spiro atoms. The predicted octanol–water partition coefficient (Wildman–Crippen LogP) is 1.49. The lowest BCUT2D eigenvalue weighted by molar-refractivity contribution is -0.126. The number of aromatic hydroxyl groups is 1. The molecular formula is C22H25F2N5O4. The molecule has 33 heavy (non-hydrogen) atoms. The molecule has 2 aromatic heterocycles. The van der Waals surface area contributed by atoms with Crippen molar-refractivity contribution in [1.82, 2.24) is 24.4 Å². The second kappa shape index (κ2) is 7.39. The van der Waals surface area contributed by atoms with Crippen LogP contribution in [-0.2, 0) is 11.3 Å². The van der Waals surface area contributed by atoms with Crippen LogP contribution in [0.2, 0.25) is 0 Å². The lowest BCUT2D eigenvalue weighted by Gasteiger charge is -2.18. The molecule has 2 saturated carbocycles. The normalized spacial score (nSPS) is 23.5. The van der Waals surface area contributed by atoms with E-state index in [1.165, 1.54) is 27.8 Å². The molecular weight excluding hydrogens is 436 g/mol. The smallest absolute Gasteiger partial charge is 0.291 e. The van der Waals surface area contributed by atoms with Gasteiger partial charge in [-0.25, -0.2) is 8.78 Å². The highest BCUT2D eigenvalue weighted by Gasteiger charge is 2.72. The number of hydrogen-bond donors (Lipinski definition) is 2. The fourth-order valence-corrected chi connectivity index (χ4v) is 4.50. The SMILES string of the molecule is CC(C)Cn1c(O)c(C(=O)NC2CC2)c(=O)n2ncc(C=CC(=O)N3CC4C(C3)C4(F)F)c12. The third-order valence-corrected chi connectivity index (χ3v) is 6.52. The minimum atomic E-state index is -2.67. The van der Waals surface area contributed by atoms with Gasteiger partial charge in [-0.1, -0.05) is 13.8 Å². The van der Waals surface area contributed by atoms with Crippen LogP contribution in [0.1, 0.15) is 42.6 Å². The highest BCUT2D eigenvalue weighted by Crippen LogP contribution is 2.59. The number of nitrogens with one attached hydrogen (secondary N) is 1. The summed E-state index contributed by atoms with van der Waals surface area (Å²) >= 11 is 0. The summed E-state index contributed by atoms with van der Waals surface area (Å²) in [5.41, 5.74) is -0.496. The Bertz CT molecular complexity index is 1230. The van der Waals surface area contributed by atoms with Crippen molar-refractivity contribution in [3.8, 4) is 5.88 Å². The van der Waals surface area contributed by atoms with Gasteiger partial charge in [0, 0.05) is 37.3 Å². The topological polar surface area (TPSA) is 109 Å². The van der Waals surface area contributed by atoms with Crippen LogP contribution in [0.5, 0.6) is 5.88 Å². The first-order valence-electron chi connectivity index (χ1n) is 11.1. The highest BCUT2D eigenvalue weighted by molar-refractivity contribution is 5.97. The number of nitrogens with zero attached hydrogens (tertiary/aromatic N) is 4. The van der Waals surface area contributed by atoms with Crippen molar-refractivity contribution < 1.29 is 23.5 Å². The summed E-state index contributed by atoms with van der Waals surface area (Å²) in [5.74, 6) is -5.64. The molecule has 2 aliphatic carbocycles. The molecule has 0 radical (unpaired) electrons. The summed E-state index contributed by atoms with van der Waals surface area (Å²) in [6.45, 7) is 4.18. The van der Waals surface area contributed by atoms with Gasteiger partial charge in [-0.3, -0.25) is 19.0 Å². The Balaban J connectivity index is 1.48. The van der Waals surface area contributed by atoms with E-state index in [-0.39, 0.29) is 36.3 Å². The number of aromatic nitrogens is 3. The van der Waals surface area contributed by atoms with Gasteiger partial charge in [0.25, 0.3) is 17.4 Å². The third-order valence-electron chi connectivity index (χ3n) is 6.52. The Morgan fingerprint density at radius 3 is 2.58 bits per heavy atom. The molecule has 0 bridgehead atoms. The van der Waals surface area contributed by atoms with Crippen LogP contribution in [0.25, 0.3) is 11.7 Å². The Morgan fingerprint density at radius 2 is 1.97 bits per heavy atom. The molecule has 3 heterocycles. The van der Waals surface area contributed by atoms with Crippen LogP contribution in [0, 0.1) is 17.8 Å². The van der Waals surface area contributed by atoms with Gasteiger partial charge in [0.2, 0.25) is 11.8 Å². The summed E-state index contributed by atoms with van der Waals surface area (Å²) in [6.07, 6.45) is 5.74. The maximum atomic E-state index is 13.4. The Labute approximate surface area is 187 Å². The second-order valence-corrected chi connectivity index (χ2v) is 9.56. The minimum Gasteiger partial charge on any atom is -0.494 e. The number of carbonyl (C=O) groups is 2. The van der Waals surface area contributed by atoms with Crippen molar-refractivity contribution in [2.45, 2.75) is 45.2 Å². The quantitative estimate of drug-likeness (QED) is 0.634. The van der Waals surface area contributed by atoms with Gasteiger partial charge in [-0.05, 0) is 24.8 Å². The van der Waals surface area contributed by atoms with Gasteiger partial charge in [-0.2, -0.15) is 9.61 Å². The second-order valence-electron chi connectivity index (χ2n) is 9.56. The van der Waals surface area contributed by atoms with Gasteiger partial charge in [0.1, 0.15) is 5.65 Å². The van der Waals surface area contributed by atoms with Gasteiger partial charge < -0.3 is 15.3 Å². The monoisotopic (exact) mass is 461 g/mol. The van der Waals surface area contributed by atoms with Crippen molar-refractivity contribution in [3.05, 3.63) is 33.8 Å². The average molecular weight is 461 g/mol. The fourth-order valence-electron chi connectivity index (χ4n) is 4.50. The number of amides is 2. The number of likely N-dealkylation sites (tertiary alicyclic amines) is 1. The number of rotatable bonds is 6. The fraction of sp³-hybridized carbons (Fsp3) is 0.545. The minimum absolute atomic E-state index is 0.00393. The van der Waals surface area contributed by atoms with Crippen molar-refractivity contribution in [3.63, 3.8) is 0 Å². The third kappa shape index (κ3) is 3.59. The van der Waals surface area contributed by atoms with E-state index in [0.29, 0.717) is 12.1 Å². The molecule has 3 aliphatic rings. The number of hydrogen-bond acceptors (Lipinski definition) is 5. The van der Waals surface area contributed by atoms with E-state index in [2.05, 4.69) is 10.4 Å². The zero-order valence-corrected chi connectivity index (χ0v) is 18.3. The first-order chi connectivity index (χ1) is 15.6. The molecule has 1 saturated heterocycles. The van der Waals surface area contributed by atoms with Crippen LogP contribution in [0.15, 0.2) is 17.1 Å². The number of alkyl halides is 2. The standard InChI is InChI=1S/C22H25F2N5O4/c1-11(2)8-28-19-12(3-6-16(30)27-9-14-15(10-27)22(14,23)24)7-25-29(19)21(33)17(20(28)32)18(31)26-13-4-5-13/h3,6-7,11,13-15,32H,4-5,8-10H2,1-2H3,(H,26,31). The predicted molar refractivity (Wildman–Crippen MR) is 114 cm³/mol. The maximum Gasteiger partial charge on any atom is 0.291 e. The molecule has 2 atom stereocenters. The van der Waals surface area contributed by atoms with E-state index in [1.54, 1.807) is 0 Å². The Morgan fingerprint density at radius 1 is 1.30 bits per heavy atom. The number of fused-ring (bicyclic) bond motifs is 2. The van der Waals surface area contributed by atoms with E-state index >= 15 is 0 Å². The molecule has 5 rings (SSSR count). The summed E-state index contributed by atoms with van der Waals surface area (Å²) in [4.78, 5) is 39.5. The van der Waals surface area contributed by atoms with E-state index in [9.17, 15) is 28.3 Å². The van der Waals surface area contributed by atoms with Crippen LogP contribution in [0.4, 0.5) is 8.78 Å². The van der Waals surface area contributed by atoms with E-state index in [4.69, 9.17) is 0 Å². The number of piperidine rings is 1. The summed E-state index contributed by atoms with van der Waals surface area (Å²) in [6, 6.07) is 0.00393. The van der Waals surface area contributed by atoms with E-state index in [0.717, 1.165) is 17.4 Å². The average Bonchev–Trinajstić information content (AvgIpc) is 3.47. The van der Waals surface area contributed by atoms with Gasteiger partial charge in [0.15, 0.2) is 5.56 Å². The van der Waals surface area contributed by atoms with Crippen LogP contribution >= 0.6 is 0 Å². The van der Waals surface area contributed by atoms with Crippen molar-refractivity contribution >= 4 is 23.5 Å². The molecule has 11 heteroatoms. The Hall–Kier alpha value is -3.24. The van der Waals surface area contributed by atoms with Gasteiger partial charge >= 0.3 is 0 Å². The summed E-state index contributed by atoms with van der Waals surface area (Å²) in [7, 11) is 0. The van der Waals surface area contributed by atoms with Crippen LogP contribution < -0.4 is 10.9 Å². The Kier molecular flexibility index (Phi) is 4.84. The van der Waals surface area contributed by atoms with Crippen LogP contribution in [-0.4, -0.2) is 61.1 Å². The first kappa shape index (κ1) is 21.6. The lowest BCUT2D eigenvalue weighted by atomic mass is 10.2. The molecule has 1 aliphatic heterocycles. The summed E-state index contributed by atoms with van der Waals surface area (Å²) in [5, 5.41) is 17.7. The van der Waals surface area contributed by atoms with Crippen molar-refractivity contribution in [2.75, 3.05) is 13.1 Å².